The summed E-state index contributed by atoms with van der Waals surface area (Å²) in [6.45, 7) is 0.00622. The zero-order chi connectivity index (χ0) is 10.1. The summed E-state index contributed by atoms with van der Waals surface area (Å²) in [7, 11) is 0. The molecule has 1 aliphatic carbocycles. The summed E-state index contributed by atoms with van der Waals surface area (Å²) in [6.07, 6.45) is 3.07. The Morgan fingerprint density at radius 3 is 3.07 bits per heavy atom. The maximum Gasteiger partial charge on any atom is 0.420 e. The molecule has 0 fully saturated rings. The van der Waals surface area contributed by atoms with E-state index in [9.17, 15) is 14.7 Å². The second kappa shape index (κ2) is 3.17. The third kappa shape index (κ3) is 1.26. The topological polar surface area (TPSA) is 72.4 Å². The fourth-order valence-corrected chi connectivity index (χ4v) is 1.55. The summed E-state index contributed by atoms with van der Waals surface area (Å²) >= 11 is 0. The minimum Gasteiger partial charge on any atom is -0.512 e. The number of aromatic nitrogens is 1. The molecule has 2 rings (SSSR count). The standard InChI is InChI=1S/C9H9NO4/c11-4-3-10-7-2-1-6(12)5-8(7)14-9(10)13/h4-5,12H,1-3H2. The van der Waals surface area contributed by atoms with E-state index in [0.717, 1.165) is 0 Å². The number of oxazole rings is 1. The van der Waals surface area contributed by atoms with Crippen LogP contribution in [0.2, 0.25) is 0 Å². The number of hydrogen-bond donors (Lipinski definition) is 1. The zero-order valence-electron chi connectivity index (χ0n) is 7.40. The SMILES string of the molecule is O=CCn1c2c(oc1=O)C=C(O)CC2. The molecule has 5 heteroatoms. The lowest BCUT2D eigenvalue weighted by molar-refractivity contribution is -0.108. The minimum absolute atomic E-state index is 0.00622. The van der Waals surface area contributed by atoms with Gasteiger partial charge in [0, 0.05) is 12.5 Å². The van der Waals surface area contributed by atoms with Gasteiger partial charge in [0.25, 0.3) is 0 Å². The fourth-order valence-electron chi connectivity index (χ4n) is 1.55. The van der Waals surface area contributed by atoms with Crippen LogP contribution in [0, 0.1) is 0 Å². The Balaban J connectivity index is 2.54. The molecule has 1 aromatic rings. The van der Waals surface area contributed by atoms with Gasteiger partial charge in [0.2, 0.25) is 0 Å². The summed E-state index contributed by atoms with van der Waals surface area (Å²) in [5, 5.41) is 9.21. The van der Waals surface area contributed by atoms with Gasteiger partial charge in [-0.25, -0.2) is 4.79 Å². The molecule has 14 heavy (non-hydrogen) atoms. The molecule has 0 radical (unpaired) electrons. The Hall–Kier alpha value is -1.78. The first-order valence-corrected chi connectivity index (χ1v) is 4.28. The lowest BCUT2D eigenvalue weighted by Gasteiger charge is -2.08. The number of carbonyl (C=O) groups excluding carboxylic acids is 1. The average molecular weight is 195 g/mol. The van der Waals surface area contributed by atoms with E-state index < -0.39 is 5.76 Å². The van der Waals surface area contributed by atoms with Crippen molar-refractivity contribution in [3.8, 4) is 0 Å². The van der Waals surface area contributed by atoms with Gasteiger partial charge in [0.1, 0.15) is 6.29 Å². The number of rotatable bonds is 2. The molecule has 5 nitrogen and oxygen atoms in total. The molecule has 1 aromatic heterocycles. The molecule has 0 atom stereocenters. The van der Waals surface area contributed by atoms with Crippen LogP contribution in [-0.2, 0) is 17.8 Å². The normalized spacial score (nSPS) is 14.7. The van der Waals surface area contributed by atoms with Gasteiger partial charge in [-0.15, -0.1) is 0 Å². The van der Waals surface area contributed by atoms with Crippen LogP contribution < -0.4 is 5.76 Å². The number of allylic oxidation sites excluding steroid dienone is 1. The van der Waals surface area contributed by atoms with Crippen LogP contribution in [0.5, 0.6) is 0 Å². The Morgan fingerprint density at radius 2 is 2.36 bits per heavy atom. The van der Waals surface area contributed by atoms with E-state index in [4.69, 9.17) is 4.42 Å². The number of aliphatic hydroxyl groups is 1. The van der Waals surface area contributed by atoms with E-state index in [-0.39, 0.29) is 12.3 Å². The Kier molecular flexibility index (Phi) is 1.99. The summed E-state index contributed by atoms with van der Waals surface area (Å²) in [6, 6.07) is 0. The molecule has 0 spiro atoms. The number of carbonyl (C=O) groups is 1. The molecule has 1 aliphatic rings. The molecule has 0 aromatic carbocycles. The van der Waals surface area contributed by atoms with Crippen molar-refractivity contribution < 1.29 is 14.3 Å². The first-order chi connectivity index (χ1) is 6.72. The van der Waals surface area contributed by atoms with Gasteiger partial charge in [0.05, 0.1) is 18.0 Å². The minimum atomic E-state index is -0.548. The quantitative estimate of drug-likeness (QED) is 0.697. The second-order valence-electron chi connectivity index (χ2n) is 3.09. The largest absolute Gasteiger partial charge is 0.512 e. The van der Waals surface area contributed by atoms with Crippen molar-refractivity contribution >= 4 is 12.4 Å². The first-order valence-electron chi connectivity index (χ1n) is 4.28. The highest BCUT2D eigenvalue weighted by Crippen LogP contribution is 2.21. The molecule has 0 aliphatic heterocycles. The molecular weight excluding hydrogens is 186 g/mol. The predicted molar refractivity (Wildman–Crippen MR) is 48.0 cm³/mol. The van der Waals surface area contributed by atoms with E-state index in [2.05, 4.69) is 0 Å². The van der Waals surface area contributed by atoms with E-state index in [0.29, 0.717) is 30.6 Å². The molecule has 0 unspecified atom stereocenters. The van der Waals surface area contributed by atoms with Crippen LogP contribution >= 0.6 is 0 Å². The summed E-state index contributed by atoms with van der Waals surface area (Å²) < 4.78 is 6.16. The van der Waals surface area contributed by atoms with Crippen molar-refractivity contribution in [1.29, 1.82) is 0 Å². The molecule has 1 heterocycles. The van der Waals surface area contributed by atoms with Crippen LogP contribution in [0.3, 0.4) is 0 Å². The first kappa shape index (κ1) is 8.80. The van der Waals surface area contributed by atoms with Gasteiger partial charge >= 0.3 is 5.76 Å². The van der Waals surface area contributed by atoms with Crippen molar-refractivity contribution in [2.45, 2.75) is 19.4 Å². The molecule has 0 amide bonds. The number of aldehydes is 1. The molecule has 0 saturated heterocycles. The van der Waals surface area contributed by atoms with E-state index in [1.807, 2.05) is 0 Å². The van der Waals surface area contributed by atoms with Crippen LogP contribution in [0.1, 0.15) is 17.9 Å². The Morgan fingerprint density at radius 1 is 1.57 bits per heavy atom. The van der Waals surface area contributed by atoms with Crippen molar-refractivity contribution in [3.63, 3.8) is 0 Å². The third-order valence-electron chi connectivity index (χ3n) is 2.20. The van der Waals surface area contributed by atoms with Crippen LogP contribution in [-0.4, -0.2) is 16.0 Å². The van der Waals surface area contributed by atoms with Crippen molar-refractivity contribution in [3.05, 3.63) is 27.8 Å². The molecule has 0 bridgehead atoms. The molecule has 74 valence electrons. The molecule has 0 saturated carbocycles. The van der Waals surface area contributed by atoms with Gasteiger partial charge in [-0.3, -0.25) is 4.57 Å². The Bertz CT molecular complexity index is 452. The summed E-state index contributed by atoms with van der Waals surface area (Å²) in [5.74, 6) is 0.0122. The number of nitrogens with zero attached hydrogens (tertiary/aromatic N) is 1. The van der Waals surface area contributed by atoms with Crippen LogP contribution in [0.15, 0.2) is 15.0 Å². The van der Waals surface area contributed by atoms with Crippen molar-refractivity contribution in [2.75, 3.05) is 0 Å². The van der Waals surface area contributed by atoms with Crippen LogP contribution in [0.25, 0.3) is 6.08 Å². The number of aliphatic hydroxyl groups excluding tert-OH is 1. The van der Waals surface area contributed by atoms with Gasteiger partial charge in [0.15, 0.2) is 5.76 Å². The summed E-state index contributed by atoms with van der Waals surface area (Å²) in [5.41, 5.74) is 0.680. The van der Waals surface area contributed by atoms with E-state index in [1.54, 1.807) is 0 Å². The highest BCUT2D eigenvalue weighted by molar-refractivity contribution is 5.53. The third-order valence-corrected chi connectivity index (χ3v) is 2.20. The van der Waals surface area contributed by atoms with Crippen LogP contribution in [0.4, 0.5) is 0 Å². The summed E-state index contributed by atoms with van der Waals surface area (Å²) in [4.78, 5) is 21.5. The van der Waals surface area contributed by atoms with Gasteiger partial charge in [-0.1, -0.05) is 0 Å². The monoisotopic (exact) mass is 195 g/mol. The lowest BCUT2D eigenvalue weighted by atomic mass is 10.1. The fraction of sp³-hybridized carbons (Fsp3) is 0.333. The predicted octanol–water partition coefficient (Wildman–Crippen LogP) is 0.485. The van der Waals surface area contributed by atoms with E-state index >= 15 is 0 Å². The van der Waals surface area contributed by atoms with Gasteiger partial charge in [-0.2, -0.15) is 0 Å². The Labute approximate surface area is 79.3 Å². The van der Waals surface area contributed by atoms with Gasteiger partial charge < -0.3 is 14.3 Å². The number of hydrogen-bond acceptors (Lipinski definition) is 4. The number of fused-ring (bicyclic) bond motifs is 1. The van der Waals surface area contributed by atoms with Crippen molar-refractivity contribution in [2.24, 2.45) is 0 Å². The smallest absolute Gasteiger partial charge is 0.420 e. The van der Waals surface area contributed by atoms with Gasteiger partial charge in [-0.05, 0) is 6.42 Å². The molecular formula is C9H9NO4. The maximum atomic E-state index is 11.2. The maximum absolute atomic E-state index is 11.2. The van der Waals surface area contributed by atoms with Crippen molar-refractivity contribution in [1.82, 2.24) is 4.57 Å². The highest BCUT2D eigenvalue weighted by Gasteiger charge is 2.19. The second-order valence-corrected chi connectivity index (χ2v) is 3.09. The average Bonchev–Trinajstić information content (AvgIpc) is 2.43. The highest BCUT2D eigenvalue weighted by atomic mass is 16.4. The lowest BCUT2D eigenvalue weighted by Crippen LogP contribution is -2.18. The molecule has 1 N–H and O–H groups in total. The van der Waals surface area contributed by atoms with E-state index in [1.165, 1.54) is 10.6 Å². The zero-order valence-corrected chi connectivity index (χ0v) is 7.40.